The maximum atomic E-state index is 13.5. The van der Waals surface area contributed by atoms with E-state index in [-0.39, 0.29) is 35.3 Å². The second-order valence-corrected chi connectivity index (χ2v) is 10.2. The van der Waals surface area contributed by atoms with Crippen molar-refractivity contribution in [2.75, 3.05) is 6.54 Å². The Morgan fingerprint density at radius 2 is 2.03 bits per heavy atom. The number of hydrogen-bond donors (Lipinski definition) is 2. The van der Waals surface area contributed by atoms with Gasteiger partial charge in [0.25, 0.3) is 5.91 Å². The Labute approximate surface area is 186 Å². The van der Waals surface area contributed by atoms with Gasteiger partial charge >= 0.3 is 0 Å². The third-order valence-corrected chi connectivity index (χ3v) is 8.17. The molecule has 1 aromatic carbocycles. The van der Waals surface area contributed by atoms with Gasteiger partial charge in [-0.2, -0.15) is 0 Å². The molecule has 2 amide bonds. The van der Waals surface area contributed by atoms with E-state index in [0.717, 1.165) is 43.2 Å². The van der Waals surface area contributed by atoms with Gasteiger partial charge in [-0.1, -0.05) is 6.07 Å². The minimum atomic E-state index is -0.257. The number of aromatic nitrogens is 1. The Morgan fingerprint density at radius 3 is 2.88 bits per heavy atom. The standard InChI is InChI=1S/C25H27FN4O2/c26-21-4-3-18-13-30(14-19(18)7-21)22(31)12-28-24-8-16-6-20(10-24)25(9-16,15-24)29-23(32)17-2-1-5-27-11-17/h1-5,7,11,16,20,28H,6,8-10,12-15H2,(H,29,32). The Hall–Kier alpha value is -2.80. The highest BCUT2D eigenvalue weighted by Crippen LogP contribution is 2.62. The smallest absolute Gasteiger partial charge is 0.253 e. The van der Waals surface area contributed by atoms with E-state index in [1.165, 1.54) is 12.1 Å². The second kappa shape index (κ2) is 7.10. The third-order valence-electron chi connectivity index (χ3n) is 8.17. The van der Waals surface area contributed by atoms with Crippen LogP contribution in [0.5, 0.6) is 0 Å². The van der Waals surface area contributed by atoms with Crippen molar-refractivity contribution in [3.8, 4) is 0 Å². The zero-order chi connectivity index (χ0) is 21.9. The summed E-state index contributed by atoms with van der Waals surface area (Å²) in [4.78, 5) is 31.7. The number of hydrogen-bond acceptors (Lipinski definition) is 4. The van der Waals surface area contributed by atoms with Crippen LogP contribution >= 0.6 is 0 Å². The molecule has 4 bridgehead atoms. The number of nitrogens with zero attached hydrogens (tertiary/aromatic N) is 2. The quantitative estimate of drug-likeness (QED) is 0.759. The van der Waals surface area contributed by atoms with Gasteiger partial charge in [0.05, 0.1) is 12.1 Å². The normalized spacial score (nSPS) is 31.7. The number of benzene rings is 1. The van der Waals surface area contributed by atoms with Gasteiger partial charge in [0.2, 0.25) is 5.91 Å². The van der Waals surface area contributed by atoms with E-state index in [9.17, 15) is 14.0 Å². The average molecular weight is 435 g/mol. The van der Waals surface area contributed by atoms with Crippen molar-refractivity contribution in [2.45, 2.75) is 56.3 Å². The maximum Gasteiger partial charge on any atom is 0.253 e. The number of carbonyl (C=O) groups is 2. The lowest BCUT2D eigenvalue weighted by Gasteiger charge is -2.42. The number of pyridine rings is 1. The summed E-state index contributed by atoms with van der Waals surface area (Å²) < 4.78 is 13.5. The lowest BCUT2D eigenvalue weighted by Crippen LogP contribution is -2.56. The van der Waals surface area contributed by atoms with Gasteiger partial charge in [-0.05, 0) is 79.3 Å². The highest BCUT2D eigenvalue weighted by atomic mass is 19.1. The molecular weight excluding hydrogens is 407 g/mol. The molecular formula is C25H27FN4O2. The molecule has 0 spiro atoms. The van der Waals surface area contributed by atoms with E-state index in [1.54, 1.807) is 35.5 Å². The van der Waals surface area contributed by atoms with E-state index in [2.05, 4.69) is 15.6 Å². The third kappa shape index (κ3) is 3.22. The van der Waals surface area contributed by atoms with Crippen LogP contribution in [0.15, 0.2) is 42.7 Å². The van der Waals surface area contributed by atoms with Gasteiger partial charge in [0.1, 0.15) is 5.82 Å². The largest absolute Gasteiger partial charge is 0.346 e. The molecule has 7 rings (SSSR count). The summed E-state index contributed by atoms with van der Waals surface area (Å²) >= 11 is 0. The minimum absolute atomic E-state index is 0.0483. The first kappa shape index (κ1) is 19.9. The molecule has 0 radical (unpaired) electrons. The molecule has 1 aliphatic heterocycles. The van der Waals surface area contributed by atoms with Crippen molar-refractivity contribution >= 4 is 11.8 Å². The monoisotopic (exact) mass is 434 g/mol. The number of nitrogens with one attached hydrogen (secondary N) is 2. The van der Waals surface area contributed by atoms with E-state index in [0.29, 0.717) is 30.5 Å². The molecule has 6 nitrogen and oxygen atoms in total. The average Bonchev–Trinajstić information content (AvgIpc) is 3.37. The van der Waals surface area contributed by atoms with Crippen molar-refractivity contribution < 1.29 is 14.0 Å². The summed E-state index contributed by atoms with van der Waals surface area (Å²) in [6.45, 7) is 1.29. The zero-order valence-electron chi connectivity index (χ0n) is 17.9. The van der Waals surface area contributed by atoms with Crippen molar-refractivity contribution in [3.05, 3.63) is 65.2 Å². The van der Waals surface area contributed by atoms with E-state index >= 15 is 0 Å². The molecule has 2 N–H and O–H groups in total. The van der Waals surface area contributed by atoms with E-state index < -0.39 is 0 Å². The van der Waals surface area contributed by atoms with Gasteiger partial charge in [0.15, 0.2) is 0 Å². The predicted molar refractivity (Wildman–Crippen MR) is 116 cm³/mol. The van der Waals surface area contributed by atoms with Crippen LogP contribution in [-0.4, -0.2) is 39.3 Å². The summed E-state index contributed by atoms with van der Waals surface area (Å²) in [5, 5.41) is 6.98. The molecule has 4 aliphatic carbocycles. The second-order valence-electron chi connectivity index (χ2n) is 10.2. The number of amides is 2. The molecule has 5 aliphatic rings. The van der Waals surface area contributed by atoms with Crippen LogP contribution in [0, 0.1) is 17.7 Å². The Morgan fingerprint density at radius 1 is 1.16 bits per heavy atom. The fourth-order valence-corrected chi connectivity index (χ4v) is 7.01. The van der Waals surface area contributed by atoms with Gasteiger partial charge < -0.3 is 15.5 Å². The van der Waals surface area contributed by atoms with Crippen LogP contribution in [0.25, 0.3) is 0 Å². The van der Waals surface area contributed by atoms with Crippen LogP contribution in [0.2, 0.25) is 0 Å². The summed E-state index contributed by atoms with van der Waals surface area (Å²) in [7, 11) is 0. The first-order valence-electron chi connectivity index (χ1n) is 11.5. The van der Waals surface area contributed by atoms with E-state index in [4.69, 9.17) is 0 Å². The molecule has 1 aromatic heterocycles. The van der Waals surface area contributed by atoms with Crippen LogP contribution in [-0.2, 0) is 17.9 Å². The van der Waals surface area contributed by atoms with Gasteiger partial charge in [-0.15, -0.1) is 0 Å². The minimum Gasteiger partial charge on any atom is -0.346 e. The molecule has 2 heterocycles. The SMILES string of the molecule is O=C(NC12CC3CC1CC(NCC(=O)N1Cc4ccc(F)cc4C1)(C3)C2)c1cccnc1. The van der Waals surface area contributed by atoms with Crippen LogP contribution in [0.1, 0.15) is 53.6 Å². The van der Waals surface area contributed by atoms with Crippen molar-refractivity contribution in [3.63, 3.8) is 0 Å². The van der Waals surface area contributed by atoms with Crippen molar-refractivity contribution in [1.29, 1.82) is 0 Å². The molecule has 4 unspecified atom stereocenters. The van der Waals surface area contributed by atoms with E-state index in [1.807, 2.05) is 0 Å². The van der Waals surface area contributed by atoms with Gasteiger partial charge in [0, 0.05) is 36.6 Å². The zero-order valence-corrected chi connectivity index (χ0v) is 17.9. The molecule has 4 saturated carbocycles. The number of fused-ring (bicyclic) bond motifs is 1. The fraction of sp³-hybridized carbons (Fsp3) is 0.480. The molecule has 4 fully saturated rings. The van der Waals surface area contributed by atoms with Crippen molar-refractivity contribution in [2.24, 2.45) is 11.8 Å². The molecule has 166 valence electrons. The summed E-state index contributed by atoms with van der Waals surface area (Å²) in [6, 6.07) is 8.33. The van der Waals surface area contributed by atoms with Crippen molar-refractivity contribution in [1.82, 2.24) is 20.5 Å². The lowest BCUT2D eigenvalue weighted by atomic mass is 9.74. The van der Waals surface area contributed by atoms with Crippen LogP contribution in [0.4, 0.5) is 4.39 Å². The molecule has 32 heavy (non-hydrogen) atoms. The maximum absolute atomic E-state index is 13.5. The molecule has 4 atom stereocenters. The summed E-state index contributed by atoms with van der Waals surface area (Å²) in [5.74, 6) is 0.764. The topological polar surface area (TPSA) is 74.3 Å². The Kier molecular flexibility index (Phi) is 4.41. The van der Waals surface area contributed by atoms with Gasteiger partial charge in [-0.25, -0.2) is 4.39 Å². The molecule has 7 heteroatoms. The highest BCUT2D eigenvalue weighted by Gasteiger charge is 2.64. The van der Waals surface area contributed by atoms with Crippen LogP contribution < -0.4 is 10.6 Å². The molecule has 0 saturated heterocycles. The lowest BCUT2D eigenvalue weighted by molar-refractivity contribution is -0.131. The summed E-state index contributed by atoms with van der Waals surface area (Å²) in [5.41, 5.74) is 2.23. The fourth-order valence-electron chi connectivity index (χ4n) is 7.01. The summed E-state index contributed by atoms with van der Waals surface area (Å²) in [6.07, 6.45) is 8.38. The number of rotatable bonds is 5. The Bertz CT molecular complexity index is 1090. The predicted octanol–water partition coefficient (Wildman–Crippen LogP) is 2.78. The highest BCUT2D eigenvalue weighted by molar-refractivity contribution is 5.94. The molecule has 2 aromatic rings. The first-order valence-corrected chi connectivity index (χ1v) is 11.5. The number of carbonyl (C=O) groups excluding carboxylic acids is 2. The number of halogens is 1. The van der Waals surface area contributed by atoms with Gasteiger partial charge in [-0.3, -0.25) is 14.6 Å². The Balaban J connectivity index is 1.12. The van der Waals surface area contributed by atoms with Crippen LogP contribution in [0.3, 0.4) is 0 Å². The first-order chi connectivity index (χ1) is 15.4.